The molecule has 0 radical (unpaired) electrons. The molecule has 1 N–H and O–H groups in total. The molecule has 0 aliphatic carbocycles. The number of carboxylic acid groups (broad SMARTS) is 1. The third-order valence-electron chi connectivity index (χ3n) is 4.81. The zero-order valence-electron chi connectivity index (χ0n) is 17.3. The third kappa shape index (κ3) is 4.55. The van der Waals surface area contributed by atoms with E-state index in [0.717, 1.165) is 0 Å². The van der Waals surface area contributed by atoms with Crippen LogP contribution in [0.2, 0.25) is 0 Å². The lowest BCUT2D eigenvalue weighted by molar-refractivity contribution is -0.384. The largest absolute Gasteiger partial charge is 0.478 e. The van der Waals surface area contributed by atoms with Crippen LogP contribution in [0.15, 0.2) is 75.0 Å². The summed E-state index contributed by atoms with van der Waals surface area (Å²) < 4.78 is 5.77. The number of amidine groups is 1. The molecule has 1 fully saturated rings. The van der Waals surface area contributed by atoms with Gasteiger partial charge in [-0.3, -0.25) is 19.8 Å². The number of nitro benzene ring substituents is 1. The van der Waals surface area contributed by atoms with Crippen molar-refractivity contribution in [2.24, 2.45) is 4.99 Å². The van der Waals surface area contributed by atoms with Crippen molar-refractivity contribution < 1.29 is 24.0 Å². The van der Waals surface area contributed by atoms with E-state index >= 15 is 0 Å². The molecule has 3 aromatic rings. The number of aromatic carboxylic acids is 1. The first-order valence-electron chi connectivity index (χ1n) is 9.84. The summed E-state index contributed by atoms with van der Waals surface area (Å²) in [6, 6.07) is 15.6. The van der Waals surface area contributed by atoms with Gasteiger partial charge < -0.3 is 9.52 Å². The smallest absolute Gasteiger partial charge is 0.335 e. The van der Waals surface area contributed by atoms with Gasteiger partial charge in [0.2, 0.25) is 0 Å². The fourth-order valence-electron chi connectivity index (χ4n) is 3.20. The average Bonchev–Trinajstić information content (AvgIpc) is 3.38. The van der Waals surface area contributed by atoms with Crippen LogP contribution in [-0.4, -0.2) is 38.5 Å². The fraction of sp³-hybridized carbons (Fsp3) is 0.0870. The van der Waals surface area contributed by atoms with Crippen molar-refractivity contribution in [1.82, 2.24) is 4.90 Å². The Bertz CT molecular complexity index is 1310. The van der Waals surface area contributed by atoms with E-state index in [2.05, 4.69) is 4.99 Å². The number of aliphatic imine (C=N–C) groups is 1. The van der Waals surface area contributed by atoms with Crippen molar-refractivity contribution in [1.29, 1.82) is 0 Å². The number of amides is 1. The van der Waals surface area contributed by atoms with E-state index in [4.69, 9.17) is 9.52 Å². The zero-order valence-corrected chi connectivity index (χ0v) is 18.1. The van der Waals surface area contributed by atoms with Gasteiger partial charge in [0, 0.05) is 18.7 Å². The molecule has 9 nitrogen and oxygen atoms in total. The Balaban J connectivity index is 1.61. The first-order chi connectivity index (χ1) is 15.9. The van der Waals surface area contributed by atoms with Gasteiger partial charge >= 0.3 is 5.97 Å². The topological polar surface area (TPSA) is 126 Å². The highest BCUT2D eigenvalue weighted by molar-refractivity contribution is 8.18. The van der Waals surface area contributed by atoms with Crippen molar-refractivity contribution in [3.8, 4) is 11.3 Å². The maximum absolute atomic E-state index is 12.9. The Morgan fingerprint density at radius 3 is 2.58 bits per heavy atom. The van der Waals surface area contributed by atoms with Crippen LogP contribution in [0.3, 0.4) is 0 Å². The van der Waals surface area contributed by atoms with E-state index in [0.29, 0.717) is 39.4 Å². The highest BCUT2D eigenvalue weighted by atomic mass is 32.2. The van der Waals surface area contributed by atoms with Crippen molar-refractivity contribution in [2.45, 2.75) is 6.92 Å². The summed E-state index contributed by atoms with van der Waals surface area (Å²) in [7, 11) is 0. The first-order valence-corrected chi connectivity index (χ1v) is 10.7. The molecule has 1 saturated heterocycles. The quantitative estimate of drug-likeness (QED) is 0.303. The molecule has 1 aliphatic heterocycles. The van der Waals surface area contributed by atoms with Crippen molar-refractivity contribution in [2.75, 3.05) is 6.54 Å². The van der Waals surface area contributed by atoms with E-state index in [1.807, 2.05) is 6.92 Å². The van der Waals surface area contributed by atoms with Crippen LogP contribution in [0, 0.1) is 10.1 Å². The van der Waals surface area contributed by atoms with Crippen LogP contribution in [0.4, 0.5) is 11.4 Å². The van der Waals surface area contributed by atoms with Gasteiger partial charge in [0.15, 0.2) is 5.17 Å². The summed E-state index contributed by atoms with van der Waals surface area (Å²) in [6.45, 7) is 2.22. The maximum Gasteiger partial charge on any atom is 0.335 e. The van der Waals surface area contributed by atoms with E-state index in [1.165, 1.54) is 34.9 Å². The molecule has 1 aromatic heterocycles. The molecule has 0 bridgehead atoms. The molecular formula is C23H17N3O6S. The summed E-state index contributed by atoms with van der Waals surface area (Å²) in [5.74, 6) is -0.572. The van der Waals surface area contributed by atoms with Crippen LogP contribution < -0.4 is 0 Å². The summed E-state index contributed by atoms with van der Waals surface area (Å²) in [6.07, 6.45) is 1.57. The zero-order chi connectivity index (χ0) is 23.5. The molecule has 166 valence electrons. The Morgan fingerprint density at radius 1 is 1.18 bits per heavy atom. The van der Waals surface area contributed by atoms with Crippen molar-refractivity contribution in [3.05, 3.63) is 87.0 Å². The Labute approximate surface area is 192 Å². The number of carbonyl (C=O) groups excluding carboxylic acids is 1. The molecule has 2 aromatic carbocycles. The van der Waals surface area contributed by atoms with Crippen LogP contribution in [0.5, 0.6) is 0 Å². The van der Waals surface area contributed by atoms with E-state index in [1.54, 1.807) is 48.5 Å². The van der Waals surface area contributed by atoms with Gasteiger partial charge in [-0.25, -0.2) is 9.79 Å². The minimum atomic E-state index is -1.03. The lowest BCUT2D eigenvalue weighted by Crippen LogP contribution is -2.28. The lowest BCUT2D eigenvalue weighted by Gasteiger charge is -2.11. The molecule has 4 rings (SSSR count). The SMILES string of the molecule is CCN1C(=O)C(=Cc2ccc(-c3ccccc3[N+](=O)[O-])o2)SC1=Nc1ccc(C(=O)O)cc1. The molecule has 33 heavy (non-hydrogen) atoms. The number of benzene rings is 2. The Kier molecular flexibility index (Phi) is 6.09. The molecule has 0 atom stereocenters. The Hall–Kier alpha value is -4.18. The number of carboxylic acids is 1. The molecule has 0 unspecified atom stereocenters. The van der Waals surface area contributed by atoms with Gasteiger partial charge in [-0.1, -0.05) is 12.1 Å². The van der Waals surface area contributed by atoms with Gasteiger partial charge in [-0.15, -0.1) is 0 Å². The van der Waals surface area contributed by atoms with Gasteiger partial charge in [-0.05, 0) is 61.2 Å². The van der Waals surface area contributed by atoms with Gasteiger partial charge in [0.1, 0.15) is 11.5 Å². The first kappa shape index (κ1) is 22.0. The summed E-state index contributed by atoms with van der Waals surface area (Å²) in [5.41, 5.74) is 0.943. The van der Waals surface area contributed by atoms with E-state index in [-0.39, 0.29) is 17.2 Å². The number of nitro groups is 1. The third-order valence-corrected chi connectivity index (χ3v) is 5.82. The normalized spacial score (nSPS) is 16.0. The molecule has 0 spiro atoms. The van der Waals surface area contributed by atoms with E-state index < -0.39 is 10.9 Å². The molecule has 2 heterocycles. The number of carbonyl (C=O) groups is 2. The molecule has 10 heteroatoms. The molecule has 0 saturated carbocycles. The fourth-order valence-corrected chi connectivity index (χ4v) is 4.25. The average molecular weight is 463 g/mol. The second kappa shape index (κ2) is 9.13. The number of nitrogens with zero attached hydrogens (tertiary/aromatic N) is 3. The number of para-hydroxylation sites is 1. The van der Waals surface area contributed by atoms with Crippen molar-refractivity contribution in [3.63, 3.8) is 0 Å². The standard InChI is InChI=1S/C23H17N3O6S/c1-2-25-21(27)20(33-23(25)24-15-9-7-14(8-10-15)22(28)29)13-16-11-12-19(32-16)17-5-3-4-6-18(17)26(30)31/h3-13H,2H2,1H3,(H,28,29). The number of hydrogen-bond donors (Lipinski definition) is 1. The number of hydrogen-bond acceptors (Lipinski definition) is 7. The Morgan fingerprint density at radius 2 is 1.91 bits per heavy atom. The highest BCUT2D eigenvalue weighted by Crippen LogP contribution is 2.36. The molecule has 1 amide bonds. The summed E-state index contributed by atoms with van der Waals surface area (Å²) >= 11 is 1.17. The number of thioether (sulfide) groups is 1. The minimum Gasteiger partial charge on any atom is -0.478 e. The molecular weight excluding hydrogens is 446 g/mol. The number of rotatable bonds is 6. The van der Waals surface area contributed by atoms with Gasteiger partial charge in [0.05, 0.1) is 26.6 Å². The van der Waals surface area contributed by atoms with Crippen molar-refractivity contribution >= 4 is 46.3 Å². The molecule has 1 aliphatic rings. The summed E-state index contributed by atoms with van der Waals surface area (Å²) in [5, 5.41) is 20.8. The monoisotopic (exact) mass is 463 g/mol. The van der Waals surface area contributed by atoms with Crippen LogP contribution >= 0.6 is 11.8 Å². The lowest BCUT2D eigenvalue weighted by atomic mass is 10.1. The maximum atomic E-state index is 12.9. The van der Waals surface area contributed by atoms with E-state index in [9.17, 15) is 19.7 Å². The predicted molar refractivity (Wildman–Crippen MR) is 124 cm³/mol. The van der Waals surface area contributed by atoms with Crippen LogP contribution in [0.1, 0.15) is 23.0 Å². The van der Waals surface area contributed by atoms with Gasteiger partial charge in [0.25, 0.3) is 11.6 Å². The van der Waals surface area contributed by atoms with Crippen LogP contribution in [-0.2, 0) is 4.79 Å². The second-order valence-electron chi connectivity index (χ2n) is 6.88. The number of furan rings is 1. The second-order valence-corrected chi connectivity index (χ2v) is 7.89. The number of likely N-dealkylation sites (N-methyl/N-ethyl adjacent to an activating group) is 1. The highest BCUT2D eigenvalue weighted by Gasteiger charge is 2.32. The predicted octanol–water partition coefficient (Wildman–Crippen LogP) is 5.18. The minimum absolute atomic E-state index is 0.0714. The van der Waals surface area contributed by atoms with Gasteiger partial charge in [-0.2, -0.15) is 0 Å². The summed E-state index contributed by atoms with van der Waals surface area (Å²) in [4.78, 5) is 41.1. The van der Waals surface area contributed by atoms with Crippen LogP contribution in [0.25, 0.3) is 17.4 Å².